The Labute approximate surface area is 120 Å². The van der Waals surface area contributed by atoms with Crippen molar-refractivity contribution in [3.63, 3.8) is 0 Å². The molecule has 0 bridgehead atoms. The van der Waals surface area contributed by atoms with Crippen molar-refractivity contribution in [3.8, 4) is 0 Å². The van der Waals surface area contributed by atoms with Gasteiger partial charge >= 0.3 is 0 Å². The van der Waals surface area contributed by atoms with E-state index < -0.39 is 0 Å². The van der Waals surface area contributed by atoms with Gasteiger partial charge in [-0.3, -0.25) is 0 Å². The van der Waals surface area contributed by atoms with Gasteiger partial charge in [0.15, 0.2) is 0 Å². The Hall–Kier alpha value is -2.10. The zero-order valence-corrected chi connectivity index (χ0v) is 12.6. The Bertz CT molecular complexity index is 555. The maximum Gasteiger partial charge on any atom is 0.229 e. The highest BCUT2D eigenvalue weighted by Gasteiger charge is 2.10. The van der Waals surface area contributed by atoms with Gasteiger partial charge in [-0.05, 0) is 51.0 Å². The van der Waals surface area contributed by atoms with E-state index in [1.165, 1.54) is 5.56 Å². The fraction of sp³-hybridized carbons (Fsp3) is 0.375. The smallest absolute Gasteiger partial charge is 0.229 e. The molecule has 0 aliphatic heterocycles. The lowest BCUT2D eigenvalue weighted by Crippen LogP contribution is -2.26. The van der Waals surface area contributed by atoms with Crippen LogP contribution in [0.1, 0.15) is 33.3 Å². The van der Waals surface area contributed by atoms with Crippen LogP contribution in [0, 0.1) is 0 Å². The number of hydrogen-bond donors (Lipinski definition) is 2. The molecule has 1 aromatic carbocycles. The van der Waals surface area contributed by atoms with Crippen molar-refractivity contribution >= 4 is 17.5 Å². The van der Waals surface area contributed by atoms with E-state index in [0.29, 0.717) is 5.95 Å². The molecule has 2 aromatic rings. The number of aromatic nitrogens is 2. The first-order valence-electron chi connectivity index (χ1n) is 6.93. The molecule has 0 fully saturated rings. The molecule has 4 nitrogen and oxygen atoms in total. The van der Waals surface area contributed by atoms with Crippen molar-refractivity contribution in [2.75, 3.05) is 10.6 Å². The topological polar surface area (TPSA) is 49.8 Å². The van der Waals surface area contributed by atoms with Crippen molar-refractivity contribution in [2.45, 2.75) is 39.7 Å². The minimum absolute atomic E-state index is 0.0194. The van der Waals surface area contributed by atoms with Crippen LogP contribution in [0.3, 0.4) is 0 Å². The van der Waals surface area contributed by atoms with E-state index in [4.69, 9.17) is 0 Å². The molecule has 20 heavy (non-hydrogen) atoms. The lowest BCUT2D eigenvalue weighted by atomic mass is 10.1. The molecule has 0 saturated carbocycles. The lowest BCUT2D eigenvalue weighted by Gasteiger charge is -2.21. The van der Waals surface area contributed by atoms with Gasteiger partial charge in [0.25, 0.3) is 0 Å². The Morgan fingerprint density at radius 3 is 2.35 bits per heavy atom. The van der Waals surface area contributed by atoms with Crippen LogP contribution in [0.4, 0.5) is 17.5 Å². The normalized spacial score (nSPS) is 11.2. The second-order valence-corrected chi connectivity index (χ2v) is 5.82. The summed E-state index contributed by atoms with van der Waals surface area (Å²) in [7, 11) is 0. The van der Waals surface area contributed by atoms with Crippen LogP contribution < -0.4 is 10.6 Å². The van der Waals surface area contributed by atoms with Crippen molar-refractivity contribution < 1.29 is 0 Å². The molecule has 2 rings (SSSR count). The quantitative estimate of drug-likeness (QED) is 0.882. The first kappa shape index (κ1) is 14.3. The van der Waals surface area contributed by atoms with Crippen molar-refractivity contribution in [2.24, 2.45) is 0 Å². The molecule has 2 N–H and O–H groups in total. The largest absolute Gasteiger partial charge is 0.365 e. The summed E-state index contributed by atoms with van der Waals surface area (Å²) in [5, 5.41) is 6.55. The Kier molecular flexibility index (Phi) is 4.23. The summed E-state index contributed by atoms with van der Waals surface area (Å²) >= 11 is 0. The fourth-order valence-corrected chi connectivity index (χ4v) is 1.83. The molecule has 1 heterocycles. The third-order valence-electron chi connectivity index (χ3n) is 2.78. The van der Waals surface area contributed by atoms with Gasteiger partial charge in [-0.25, -0.2) is 4.98 Å². The molecule has 0 spiro atoms. The summed E-state index contributed by atoms with van der Waals surface area (Å²) in [5.41, 5.74) is 2.30. The summed E-state index contributed by atoms with van der Waals surface area (Å²) in [6, 6.07) is 10.2. The van der Waals surface area contributed by atoms with Gasteiger partial charge in [0, 0.05) is 17.4 Å². The molecule has 0 radical (unpaired) electrons. The van der Waals surface area contributed by atoms with Crippen LogP contribution in [0.2, 0.25) is 0 Å². The van der Waals surface area contributed by atoms with Crippen LogP contribution in [0.15, 0.2) is 36.5 Å². The molecular formula is C16H22N4. The van der Waals surface area contributed by atoms with Crippen LogP contribution in [-0.4, -0.2) is 15.5 Å². The lowest BCUT2D eigenvalue weighted by molar-refractivity contribution is 0.630. The predicted octanol–water partition coefficient (Wildman–Crippen LogP) is 3.99. The van der Waals surface area contributed by atoms with Gasteiger partial charge in [-0.2, -0.15) is 4.98 Å². The van der Waals surface area contributed by atoms with Gasteiger partial charge in [0.1, 0.15) is 5.82 Å². The predicted molar refractivity (Wildman–Crippen MR) is 84.5 cm³/mol. The monoisotopic (exact) mass is 270 g/mol. The Morgan fingerprint density at radius 2 is 1.75 bits per heavy atom. The van der Waals surface area contributed by atoms with Crippen LogP contribution in [0.5, 0.6) is 0 Å². The third-order valence-corrected chi connectivity index (χ3v) is 2.78. The van der Waals surface area contributed by atoms with Crippen molar-refractivity contribution in [3.05, 3.63) is 42.1 Å². The molecule has 4 heteroatoms. The van der Waals surface area contributed by atoms with Gasteiger partial charge in [-0.1, -0.05) is 19.1 Å². The molecule has 0 atom stereocenters. The SMILES string of the molecule is CCc1ccc(Nc2nccc(NC(C)(C)C)n2)cc1. The standard InChI is InChI=1S/C16H22N4/c1-5-12-6-8-13(9-7-12)18-15-17-11-10-14(19-15)20-16(2,3)4/h6-11H,5H2,1-4H3,(H2,17,18,19,20). The van der Waals surface area contributed by atoms with E-state index >= 15 is 0 Å². The van der Waals surface area contributed by atoms with Crippen molar-refractivity contribution in [1.82, 2.24) is 9.97 Å². The molecule has 0 amide bonds. The first-order valence-corrected chi connectivity index (χ1v) is 6.93. The highest BCUT2D eigenvalue weighted by atomic mass is 15.1. The summed E-state index contributed by atoms with van der Waals surface area (Å²) in [6.45, 7) is 8.45. The highest BCUT2D eigenvalue weighted by molar-refractivity contribution is 5.55. The number of nitrogens with zero attached hydrogens (tertiary/aromatic N) is 2. The number of aryl methyl sites for hydroxylation is 1. The molecule has 0 aliphatic rings. The van der Waals surface area contributed by atoms with Gasteiger partial charge in [-0.15, -0.1) is 0 Å². The van der Waals surface area contributed by atoms with E-state index in [-0.39, 0.29) is 5.54 Å². The molecule has 0 saturated heterocycles. The highest BCUT2D eigenvalue weighted by Crippen LogP contribution is 2.17. The Morgan fingerprint density at radius 1 is 1.05 bits per heavy atom. The number of hydrogen-bond acceptors (Lipinski definition) is 4. The summed E-state index contributed by atoms with van der Waals surface area (Å²) in [4.78, 5) is 8.71. The third kappa shape index (κ3) is 4.23. The van der Waals surface area contributed by atoms with Gasteiger partial charge in [0.2, 0.25) is 5.95 Å². The number of benzene rings is 1. The van der Waals surface area contributed by atoms with Crippen molar-refractivity contribution in [1.29, 1.82) is 0 Å². The molecule has 0 unspecified atom stereocenters. The number of rotatable bonds is 4. The zero-order valence-electron chi connectivity index (χ0n) is 12.6. The van der Waals surface area contributed by atoms with E-state index in [2.05, 4.69) is 60.4 Å². The second kappa shape index (κ2) is 5.90. The average molecular weight is 270 g/mol. The molecule has 0 aliphatic carbocycles. The summed E-state index contributed by atoms with van der Waals surface area (Å²) in [5.74, 6) is 1.42. The van der Waals surface area contributed by atoms with Crippen LogP contribution >= 0.6 is 0 Å². The number of nitrogens with one attached hydrogen (secondary N) is 2. The van der Waals surface area contributed by atoms with Gasteiger partial charge in [0.05, 0.1) is 0 Å². The maximum absolute atomic E-state index is 4.46. The summed E-state index contributed by atoms with van der Waals surface area (Å²) < 4.78 is 0. The van der Waals surface area contributed by atoms with Crippen LogP contribution in [0.25, 0.3) is 0 Å². The average Bonchev–Trinajstić information content (AvgIpc) is 2.38. The van der Waals surface area contributed by atoms with E-state index in [1.807, 2.05) is 18.2 Å². The summed E-state index contributed by atoms with van der Waals surface area (Å²) in [6.07, 6.45) is 2.80. The van der Waals surface area contributed by atoms with E-state index in [9.17, 15) is 0 Å². The first-order chi connectivity index (χ1) is 9.46. The van der Waals surface area contributed by atoms with Crippen LogP contribution in [-0.2, 0) is 6.42 Å². The second-order valence-electron chi connectivity index (χ2n) is 5.82. The Balaban J connectivity index is 2.10. The minimum atomic E-state index is -0.0194. The maximum atomic E-state index is 4.46. The van der Waals surface area contributed by atoms with E-state index in [1.54, 1.807) is 6.20 Å². The number of anilines is 3. The van der Waals surface area contributed by atoms with Gasteiger partial charge < -0.3 is 10.6 Å². The molecular weight excluding hydrogens is 248 g/mol. The van der Waals surface area contributed by atoms with E-state index in [0.717, 1.165) is 17.9 Å². The minimum Gasteiger partial charge on any atom is -0.365 e. The molecule has 1 aromatic heterocycles. The fourth-order valence-electron chi connectivity index (χ4n) is 1.83. The molecule has 106 valence electrons. The zero-order chi connectivity index (χ0) is 14.6.